The van der Waals surface area contributed by atoms with E-state index in [9.17, 15) is 0 Å². The maximum atomic E-state index is 3.73. The number of nitrogens with zero attached hydrogens (tertiary/aromatic N) is 1. The van der Waals surface area contributed by atoms with Crippen molar-refractivity contribution in [3.05, 3.63) is 27.7 Å². The number of rotatable bonds is 3. The first-order chi connectivity index (χ1) is 9.10. The SMILES string of the molecule is CCN1CCCC(Nc2cc(C)c(Br)c(C)c2)CC1. The molecule has 0 spiro atoms. The maximum Gasteiger partial charge on any atom is 0.0348 e. The van der Waals surface area contributed by atoms with E-state index in [0.717, 1.165) is 0 Å². The molecule has 0 saturated carbocycles. The largest absolute Gasteiger partial charge is 0.382 e. The zero-order valence-electron chi connectivity index (χ0n) is 12.3. The Bertz CT molecular complexity index is 408. The molecule has 1 atom stereocenters. The molecule has 1 unspecified atom stereocenters. The first kappa shape index (κ1) is 14.9. The van der Waals surface area contributed by atoms with Gasteiger partial charge in [-0.05, 0) is 69.5 Å². The van der Waals surface area contributed by atoms with Crippen LogP contribution in [0.1, 0.15) is 37.3 Å². The number of nitrogens with one attached hydrogen (secondary N) is 1. The van der Waals surface area contributed by atoms with Gasteiger partial charge in [-0.2, -0.15) is 0 Å². The van der Waals surface area contributed by atoms with Gasteiger partial charge in [0.2, 0.25) is 0 Å². The molecule has 1 aliphatic heterocycles. The van der Waals surface area contributed by atoms with Gasteiger partial charge in [-0.1, -0.05) is 22.9 Å². The normalized spacial score (nSPS) is 21.2. The summed E-state index contributed by atoms with van der Waals surface area (Å²) in [6.07, 6.45) is 3.84. The van der Waals surface area contributed by atoms with E-state index in [-0.39, 0.29) is 0 Å². The van der Waals surface area contributed by atoms with Crippen molar-refractivity contribution < 1.29 is 0 Å². The van der Waals surface area contributed by atoms with Gasteiger partial charge in [-0.15, -0.1) is 0 Å². The van der Waals surface area contributed by atoms with Crippen molar-refractivity contribution in [3.63, 3.8) is 0 Å². The minimum absolute atomic E-state index is 0.622. The minimum Gasteiger partial charge on any atom is -0.382 e. The van der Waals surface area contributed by atoms with Gasteiger partial charge in [0.25, 0.3) is 0 Å². The molecule has 1 aromatic rings. The number of halogens is 1. The van der Waals surface area contributed by atoms with E-state index < -0.39 is 0 Å². The van der Waals surface area contributed by atoms with Crippen molar-refractivity contribution in [1.82, 2.24) is 4.90 Å². The van der Waals surface area contributed by atoms with Crippen LogP contribution >= 0.6 is 15.9 Å². The van der Waals surface area contributed by atoms with Gasteiger partial charge in [-0.25, -0.2) is 0 Å². The lowest BCUT2D eigenvalue weighted by Gasteiger charge is -2.20. The van der Waals surface area contributed by atoms with Crippen molar-refractivity contribution in [2.75, 3.05) is 25.0 Å². The van der Waals surface area contributed by atoms with Crippen LogP contribution in [0.3, 0.4) is 0 Å². The molecule has 1 N–H and O–H groups in total. The van der Waals surface area contributed by atoms with E-state index >= 15 is 0 Å². The average molecular weight is 325 g/mol. The summed E-state index contributed by atoms with van der Waals surface area (Å²) in [6.45, 7) is 10.2. The number of aryl methyl sites for hydroxylation is 2. The van der Waals surface area contributed by atoms with Gasteiger partial charge in [0.05, 0.1) is 0 Å². The third-order valence-electron chi connectivity index (χ3n) is 4.08. The van der Waals surface area contributed by atoms with Crippen molar-refractivity contribution in [2.24, 2.45) is 0 Å². The molecular weight excluding hydrogens is 300 g/mol. The second kappa shape index (κ2) is 6.76. The van der Waals surface area contributed by atoms with Gasteiger partial charge in [0.15, 0.2) is 0 Å². The third-order valence-corrected chi connectivity index (χ3v) is 5.33. The molecule has 19 heavy (non-hydrogen) atoms. The Morgan fingerprint density at radius 3 is 2.53 bits per heavy atom. The lowest BCUT2D eigenvalue weighted by Crippen LogP contribution is -2.26. The van der Waals surface area contributed by atoms with Crippen LogP contribution in [0.25, 0.3) is 0 Å². The van der Waals surface area contributed by atoms with Crippen LogP contribution in [0.4, 0.5) is 5.69 Å². The van der Waals surface area contributed by atoms with E-state index in [2.05, 4.69) is 59.1 Å². The highest BCUT2D eigenvalue weighted by Crippen LogP contribution is 2.26. The second-order valence-corrected chi connectivity index (χ2v) is 6.42. The molecule has 0 amide bonds. The van der Waals surface area contributed by atoms with Crippen LogP contribution in [0.2, 0.25) is 0 Å². The lowest BCUT2D eigenvalue weighted by molar-refractivity contribution is 0.300. The van der Waals surface area contributed by atoms with Crippen molar-refractivity contribution in [3.8, 4) is 0 Å². The number of anilines is 1. The molecule has 0 aromatic heterocycles. The number of hydrogen-bond donors (Lipinski definition) is 1. The summed E-state index contributed by atoms with van der Waals surface area (Å²) in [5, 5.41) is 3.73. The van der Waals surface area contributed by atoms with E-state index in [1.54, 1.807) is 0 Å². The van der Waals surface area contributed by atoms with Gasteiger partial charge in [0, 0.05) is 22.7 Å². The van der Waals surface area contributed by atoms with E-state index in [4.69, 9.17) is 0 Å². The van der Waals surface area contributed by atoms with Gasteiger partial charge in [0.1, 0.15) is 0 Å². The summed E-state index contributed by atoms with van der Waals surface area (Å²) in [4.78, 5) is 2.56. The molecule has 0 aliphatic carbocycles. The molecule has 1 aliphatic rings. The first-order valence-electron chi connectivity index (χ1n) is 7.35. The Labute approximate surface area is 125 Å². The highest BCUT2D eigenvalue weighted by Gasteiger charge is 2.16. The lowest BCUT2D eigenvalue weighted by atomic mass is 10.1. The zero-order valence-corrected chi connectivity index (χ0v) is 13.9. The Balaban J connectivity index is 2.01. The Hall–Kier alpha value is -0.540. The average Bonchev–Trinajstić information content (AvgIpc) is 2.61. The first-order valence-corrected chi connectivity index (χ1v) is 8.15. The third kappa shape index (κ3) is 3.96. The number of benzene rings is 1. The number of likely N-dealkylation sites (tertiary alicyclic amines) is 1. The topological polar surface area (TPSA) is 15.3 Å². The summed E-state index contributed by atoms with van der Waals surface area (Å²) in [7, 11) is 0. The highest BCUT2D eigenvalue weighted by atomic mass is 79.9. The molecule has 106 valence electrons. The summed E-state index contributed by atoms with van der Waals surface area (Å²) in [5.41, 5.74) is 3.89. The summed E-state index contributed by atoms with van der Waals surface area (Å²) in [5.74, 6) is 0. The fourth-order valence-corrected chi connectivity index (χ4v) is 3.11. The fraction of sp³-hybridized carbons (Fsp3) is 0.625. The smallest absolute Gasteiger partial charge is 0.0348 e. The molecule has 0 bridgehead atoms. The van der Waals surface area contributed by atoms with Crippen molar-refractivity contribution in [1.29, 1.82) is 0 Å². The van der Waals surface area contributed by atoms with Crippen LogP contribution in [0, 0.1) is 13.8 Å². The minimum atomic E-state index is 0.622. The molecule has 1 fully saturated rings. The molecule has 1 aromatic carbocycles. The van der Waals surface area contributed by atoms with Gasteiger partial charge < -0.3 is 10.2 Å². The molecule has 2 nitrogen and oxygen atoms in total. The van der Waals surface area contributed by atoms with E-state index in [1.165, 1.54) is 60.2 Å². The van der Waals surface area contributed by atoms with Gasteiger partial charge >= 0.3 is 0 Å². The summed E-state index contributed by atoms with van der Waals surface area (Å²) < 4.78 is 1.23. The van der Waals surface area contributed by atoms with Gasteiger partial charge in [-0.3, -0.25) is 0 Å². The quantitative estimate of drug-likeness (QED) is 0.889. The molecule has 0 radical (unpaired) electrons. The summed E-state index contributed by atoms with van der Waals surface area (Å²) >= 11 is 3.63. The van der Waals surface area contributed by atoms with Crippen LogP contribution in [-0.4, -0.2) is 30.6 Å². The Morgan fingerprint density at radius 1 is 1.21 bits per heavy atom. The molecule has 1 heterocycles. The Morgan fingerprint density at radius 2 is 1.89 bits per heavy atom. The second-order valence-electron chi connectivity index (χ2n) is 5.63. The van der Waals surface area contributed by atoms with Crippen molar-refractivity contribution >= 4 is 21.6 Å². The fourth-order valence-electron chi connectivity index (χ4n) is 2.88. The number of hydrogen-bond acceptors (Lipinski definition) is 2. The molecular formula is C16H25BrN2. The predicted molar refractivity (Wildman–Crippen MR) is 87.0 cm³/mol. The van der Waals surface area contributed by atoms with Crippen LogP contribution in [0.15, 0.2) is 16.6 Å². The zero-order chi connectivity index (χ0) is 13.8. The van der Waals surface area contributed by atoms with Crippen LogP contribution in [-0.2, 0) is 0 Å². The molecule has 2 rings (SSSR count). The Kier molecular flexibility index (Phi) is 5.28. The monoisotopic (exact) mass is 324 g/mol. The standard InChI is InChI=1S/C16H25BrN2/c1-4-19-8-5-6-14(7-9-19)18-15-10-12(2)16(17)13(3)11-15/h10-11,14,18H,4-9H2,1-3H3. The summed E-state index contributed by atoms with van der Waals surface area (Å²) in [6, 6.07) is 5.12. The van der Waals surface area contributed by atoms with Crippen molar-refractivity contribution in [2.45, 2.75) is 46.1 Å². The molecule has 1 saturated heterocycles. The van der Waals surface area contributed by atoms with E-state index in [0.29, 0.717) is 6.04 Å². The van der Waals surface area contributed by atoms with E-state index in [1.807, 2.05) is 0 Å². The highest BCUT2D eigenvalue weighted by molar-refractivity contribution is 9.10. The van der Waals surface area contributed by atoms with Crippen LogP contribution < -0.4 is 5.32 Å². The predicted octanol–water partition coefficient (Wildman–Crippen LogP) is 4.35. The maximum absolute atomic E-state index is 3.73. The molecule has 3 heteroatoms. The van der Waals surface area contributed by atoms with Crippen LogP contribution in [0.5, 0.6) is 0 Å².